The van der Waals surface area contributed by atoms with E-state index in [2.05, 4.69) is 10.0 Å². The van der Waals surface area contributed by atoms with E-state index in [4.69, 9.17) is 5.11 Å². The highest BCUT2D eigenvalue weighted by Crippen LogP contribution is 2.15. The molecule has 2 atom stereocenters. The summed E-state index contributed by atoms with van der Waals surface area (Å²) in [5.41, 5.74) is 0. The fraction of sp³-hybridized carbons (Fsp3) is 0.538. The van der Waals surface area contributed by atoms with Crippen LogP contribution in [0.4, 0.5) is 0 Å². The van der Waals surface area contributed by atoms with Gasteiger partial charge in [0, 0.05) is 0 Å². The summed E-state index contributed by atoms with van der Waals surface area (Å²) < 4.78 is 26.4. The van der Waals surface area contributed by atoms with Gasteiger partial charge in [0.25, 0.3) is 10.0 Å². The number of hydrogen-bond acceptors (Lipinski definition) is 5. The smallest absolute Gasteiger partial charge is 0.326 e. The van der Waals surface area contributed by atoms with E-state index >= 15 is 0 Å². The summed E-state index contributed by atoms with van der Waals surface area (Å²) in [7, 11) is -3.78. The molecule has 1 heterocycles. The molecule has 1 rings (SSSR count). The van der Waals surface area contributed by atoms with Gasteiger partial charge in [0.05, 0.1) is 6.04 Å². The third-order valence-electron chi connectivity index (χ3n) is 2.81. The first-order valence-corrected chi connectivity index (χ1v) is 9.08. The Morgan fingerprint density at radius 2 is 1.95 bits per heavy atom. The summed E-state index contributed by atoms with van der Waals surface area (Å²) >= 11 is 1.03. The highest BCUT2D eigenvalue weighted by Gasteiger charge is 2.27. The molecule has 0 fully saturated rings. The number of aliphatic carboxylic acids is 1. The number of nitrogens with one attached hydrogen (secondary N) is 2. The third-order valence-corrected chi connectivity index (χ3v) is 5.75. The quantitative estimate of drug-likeness (QED) is 0.649. The Kier molecular flexibility index (Phi) is 6.51. The lowest BCUT2D eigenvalue weighted by atomic mass is 10.0. The van der Waals surface area contributed by atoms with Crippen LogP contribution < -0.4 is 10.0 Å². The lowest BCUT2D eigenvalue weighted by Gasteiger charge is -2.19. The normalized spacial score (nSPS) is 14.5. The first kappa shape index (κ1) is 18.6. The second-order valence-electron chi connectivity index (χ2n) is 5.30. The maximum atomic E-state index is 12.0. The molecule has 22 heavy (non-hydrogen) atoms. The van der Waals surface area contributed by atoms with Gasteiger partial charge in [0.15, 0.2) is 0 Å². The summed E-state index contributed by atoms with van der Waals surface area (Å²) in [4.78, 5) is 23.1. The number of hydrogen-bond donors (Lipinski definition) is 3. The number of carboxylic acids is 1. The van der Waals surface area contributed by atoms with Crippen molar-refractivity contribution in [1.29, 1.82) is 0 Å². The number of rotatable bonds is 8. The highest BCUT2D eigenvalue weighted by molar-refractivity contribution is 7.91. The van der Waals surface area contributed by atoms with Crippen molar-refractivity contribution in [3.8, 4) is 0 Å². The van der Waals surface area contributed by atoms with Gasteiger partial charge in [0.1, 0.15) is 10.3 Å². The Morgan fingerprint density at radius 1 is 1.32 bits per heavy atom. The number of carboxylic acid groups (broad SMARTS) is 1. The van der Waals surface area contributed by atoms with E-state index in [0.29, 0.717) is 0 Å². The minimum absolute atomic E-state index is 0.0829. The molecule has 3 N–H and O–H groups in total. The van der Waals surface area contributed by atoms with Crippen LogP contribution in [0.2, 0.25) is 0 Å². The van der Waals surface area contributed by atoms with Gasteiger partial charge in [-0.05, 0) is 30.7 Å². The van der Waals surface area contributed by atoms with Gasteiger partial charge in [0.2, 0.25) is 5.91 Å². The summed E-state index contributed by atoms with van der Waals surface area (Å²) in [6.07, 6.45) is 0.269. The van der Waals surface area contributed by atoms with Crippen molar-refractivity contribution in [1.82, 2.24) is 10.0 Å². The van der Waals surface area contributed by atoms with E-state index in [9.17, 15) is 18.0 Å². The Balaban J connectivity index is 2.70. The molecule has 0 aliphatic heterocycles. The predicted octanol–water partition coefficient (Wildman–Crippen LogP) is 1.03. The van der Waals surface area contributed by atoms with Crippen LogP contribution in [0.15, 0.2) is 21.7 Å². The van der Waals surface area contributed by atoms with E-state index in [-0.39, 0.29) is 16.5 Å². The van der Waals surface area contributed by atoms with Crippen molar-refractivity contribution in [3.63, 3.8) is 0 Å². The molecule has 0 aliphatic carbocycles. The lowest BCUT2D eigenvalue weighted by Crippen LogP contribution is -2.50. The van der Waals surface area contributed by atoms with Crippen LogP contribution in [0.3, 0.4) is 0 Å². The molecule has 0 saturated carbocycles. The predicted molar refractivity (Wildman–Crippen MR) is 83.1 cm³/mol. The van der Waals surface area contributed by atoms with E-state index in [1.165, 1.54) is 13.0 Å². The van der Waals surface area contributed by atoms with Crippen LogP contribution in [0.5, 0.6) is 0 Å². The molecule has 7 nitrogen and oxygen atoms in total. The van der Waals surface area contributed by atoms with Crippen LogP contribution in [0.1, 0.15) is 27.2 Å². The average molecular weight is 348 g/mol. The van der Waals surface area contributed by atoms with Crippen molar-refractivity contribution in [2.45, 2.75) is 43.5 Å². The van der Waals surface area contributed by atoms with Crippen LogP contribution in [0.25, 0.3) is 0 Å². The first-order chi connectivity index (χ1) is 10.1. The van der Waals surface area contributed by atoms with Crippen molar-refractivity contribution >= 4 is 33.2 Å². The molecule has 0 spiro atoms. The fourth-order valence-electron chi connectivity index (χ4n) is 1.75. The SMILES string of the molecule is CC(C)CC(NC(=O)C(C)NS(=O)(=O)c1cccs1)C(=O)O. The molecule has 0 radical (unpaired) electrons. The molecule has 9 heteroatoms. The Morgan fingerprint density at radius 3 is 2.41 bits per heavy atom. The van der Waals surface area contributed by atoms with Crippen molar-refractivity contribution in [2.24, 2.45) is 5.92 Å². The number of sulfonamides is 1. The minimum atomic E-state index is -3.78. The number of amides is 1. The Hall–Kier alpha value is -1.45. The molecule has 124 valence electrons. The first-order valence-electron chi connectivity index (χ1n) is 6.72. The van der Waals surface area contributed by atoms with Gasteiger partial charge >= 0.3 is 5.97 Å². The van der Waals surface area contributed by atoms with E-state index in [1.807, 2.05) is 13.8 Å². The topological polar surface area (TPSA) is 113 Å². The summed E-state index contributed by atoms with van der Waals surface area (Å²) in [6, 6.07) is 0.908. The lowest BCUT2D eigenvalue weighted by molar-refractivity contribution is -0.142. The van der Waals surface area contributed by atoms with Crippen LogP contribution in [-0.2, 0) is 19.6 Å². The summed E-state index contributed by atoms with van der Waals surface area (Å²) in [5.74, 6) is -1.73. The molecule has 0 aliphatic rings. The largest absolute Gasteiger partial charge is 0.480 e. The Bertz CT molecular complexity index is 610. The highest BCUT2D eigenvalue weighted by atomic mass is 32.2. The number of thiophene rings is 1. The Labute approximate surface area is 133 Å². The van der Waals surface area contributed by atoms with Gasteiger partial charge in [-0.15, -0.1) is 11.3 Å². The molecule has 1 amide bonds. The van der Waals surface area contributed by atoms with Crippen molar-refractivity contribution in [3.05, 3.63) is 17.5 Å². The summed E-state index contributed by atoms with van der Waals surface area (Å²) in [6.45, 7) is 5.05. The monoisotopic (exact) mass is 348 g/mol. The molecular weight excluding hydrogens is 328 g/mol. The molecular formula is C13H20N2O5S2. The van der Waals surface area contributed by atoms with Crippen LogP contribution in [-0.4, -0.2) is 37.5 Å². The van der Waals surface area contributed by atoms with E-state index < -0.39 is 34.0 Å². The van der Waals surface area contributed by atoms with Gasteiger partial charge in [-0.3, -0.25) is 4.79 Å². The molecule has 1 aromatic heterocycles. The maximum Gasteiger partial charge on any atom is 0.326 e. The molecule has 0 aromatic carbocycles. The van der Waals surface area contributed by atoms with Gasteiger partial charge < -0.3 is 10.4 Å². The second kappa shape index (κ2) is 7.70. The minimum Gasteiger partial charge on any atom is -0.480 e. The van der Waals surface area contributed by atoms with E-state index in [1.54, 1.807) is 11.4 Å². The molecule has 2 unspecified atom stereocenters. The van der Waals surface area contributed by atoms with Gasteiger partial charge in [-0.25, -0.2) is 13.2 Å². The van der Waals surface area contributed by atoms with Crippen molar-refractivity contribution < 1.29 is 23.1 Å². The van der Waals surface area contributed by atoms with Gasteiger partial charge in [-0.2, -0.15) is 4.72 Å². The van der Waals surface area contributed by atoms with Crippen molar-refractivity contribution in [2.75, 3.05) is 0 Å². The summed E-state index contributed by atoms with van der Waals surface area (Å²) in [5, 5.41) is 13.1. The third kappa shape index (κ3) is 5.39. The number of carbonyl (C=O) groups is 2. The number of carbonyl (C=O) groups excluding carboxylic acids is 1. The second-order valence-corrected chi connectivity index (χ2v) is 8.19. The van der Waals surface area contributed by atoms with E-state index in [0.717, 1.165) is 11.3 Å². The zero-order valence-electron chi connectivity index (χ0n) is 12.6. The van der Waals surface area contributed by atoms with Gasteiger partial charge in [-0.1, -0.05) is 19.9 Å². The average Bonchev–Trinajstić information content (AvgIpc) is 2.91. The van der Waals surface area contributed by atoms with Crippen LogP contribution in [0, 0.1) is 5.92 Å². The molecule has 0 bridgehead atoms. The zero-order valence-corrected chi connectivity index (χ0v) is 14.2. The molecule has 1 aromatic rings. The standard InChI is InChI=1S/C13H20N2O5S2/c1-8(2)7-10(13(17)18)14-12(16)9(3)15-22(19,20)11-5-4-6-21-11/h4-6,8-10,15H,7H2,1-3H3,(H,14,16)(H,17,18). The zero-order chi connectivity index (χ0) is 16.9. The van der Waals surface area contributed by atoms with Crippen LogP contribution >= 0.6 is 11.3 Å². The molecule has 0 saturated heterocycles. The maximum absolute atomic E-state index is 12.0. The fourth-order valence-corrected chi connectivity index (χ4v) is 3.96.